The number of benzene rings is 4. The lowest BCUT2D eigenvalue weighted by Crippen LogP contribution is -2.12. The summed E-state index contributed by atoms with van der Waals surface area (Å²) < 4.78 is 11.2. The van der Waals surface area contributed by atoms with Gasteiger partial charge >= 0.3 is 0 Å². The summed E-state index contributed by atoms with van der Waals surface area (Å²) in [5.41, 5.74) is -2.56. The third-order valence-corrected chi connectivity index (χ3v) is 6.68. The van der Waals surface area contributed by atoms with Gasteiger partial charge in [0, 0.05) is 46.2 Å². The molecule has 0 unspecified atom stereocenters. The molecule has 0 aliphatic rings. The fourth-order valence-corrected chi connectivity index (χ4v) is 5.12. The molecular weight excluding hydrogens is 512 g/mol. The van der Waals surface area contributed by atoms with Crippen LogP contribution in [0.1, 0.15) is 11.5 Å². The van der Waals surface area contributed by atoms with Crippen LogP contribution in [-0.4, -0.2) is 35.7 Å². The number of aryl methyl sites for hydroxylation is 1. The van der Waals surface area contributed by atoms with E-state index >= 15 is 0 Å². The highest BCUT2D eigenvalue weighted by molar-refractivity contribution is 6.18. The van der Waals surface area contributed by atoms with Crippen LogP contribution in [0.4, 0.5) is 0 Å². The van der Waals surface area contributed by atoms with Crippen LogP contribution in [0, 0.1) is 6.92 Å². The molecule has 0 aliphatic heterocycles. The fourth-order valence-electron chi connectivity index (χ4n) is 5.12. The Hall–Kier alpha value is -5.42. The van der Waals surface area contributed by atoms with Crippen LogP contribution < -0.4 is 10.9 Å². The highest BCUT2D eigenvalue weighted by Crippen LogP contribution is 2.48. The number of rotatable bonds is 2. The Kier molecular flexibility index (Phi) is 4.94. The number of hydrogen-bond acceptors (Lipinski definition) is 11. The number of phenolic OH excluding ortho intramolecular Hbond substituents is 4. The molecule has 0 bridgehead atoms. The number of aliphatic hydroxyl groups excluding tert-OH is 1. The Labute approximate surface area is 215 Å². The highest BCUT2D eigenvalue weighted by atomic mass is 16.4. The van der Waals surface area contributed by atoms with Crippen molar-refractivity contribution in [2.45, 2.75) is 13.5 Å². The van der Waals surface area contributed by atoms with Gasteiger partial charge in [0.15, 0.2) is 10.9 Å². The van der Waals surface area contributed by atoms with E-state index < -0.39 is 46.2 Å². The summed E-state index contributed by atoms with van der Waals surface area (Å²) in [4.78, 5) is 26.7. The van der Waals surface area contributed by atoms with Gasteiger partial charge in [0.05, 0.1) is 10.8 Å². The molecule has 0 saturated carbocycles. The molecular formula is C28H18O11. The normalized spacial score (nSPS) is 11.7. The van der Waals surface area contributed by atoms with E-state index in [0.717, 1.165) is 18.2 Å². The van der Waals surface area contributed by atoms with Crippen molar-refractivity contribution < 1.29 is 44.6 Å². The Morgan fingerprint density at radius 2 is 1.03 bits per heavy atom. The molecule has 11 heteroatoms. The first-order valence-corrected chi connectivity index (χ1v) is 11.5. The van der Waals surface area contributed by atoms with Crippen molar-refractivity contribution in [3.05, 3.63) is 68.4 Å². The maximum Gasteiger partial charge on any atom is 0.190 e. The molecule has 0 atom stereocenters. The lowest BCUT2D eigenvalue weighted by atomic mass is 9.90. The topological polar surface area (TPSA) is 202 Å². The van der Waals surface area contributed by atoms with Gasteiger partial charge in [0.1, 0.15) is 74.6 Å². The fraction of sp³-hybridized carbons (Fsp3) is 0.0714. The molecule has 0 fully saturated rings. The average Bonchev–Trinajstić information content (AvgIpc) is 2.84. The van der Waals surface area contributed by atoms with E-state index in [9.17, 15) is 45.3 Å². The van der Waals surface area contributed by atoms with E-state index in [1.165, 1.54) is 18.2 Å². The molecule has 0 saturated heterocycles. The molecule has 39 heavy (non-hydrogen) atoms. The first kappa shape index (κ1) is 23.9. The minimum absolute atomic E-state index is 0.0555. The van der Waals surface area contributed by atoms with Crippen molar-refractivity contribution in [3.63, 3.8) is 0 Å². The molecule has 0 aliphatic carbocycles. The van der Waals surface area contributed by atoms with Gasteiger partial charge in [0.25, 0.3) is 0 Å². The van der Waals surface area contributed by atoms with Crippen LogP contribution in [0.2, 0.25) is 0 Å². The van der Waals surface area contributed by atoms with Crippen molar-refractivity contribution in [1.82, 2.24) is 0 Å². The molecule has 6 aromatic rings. The largest absolute Gasteiger partial charge is 0.507 e. The number of hydrogen-bond donors (Lipinski definition) is 7. The molecule has 2 aromatic heterocycles. The van der Waals surface area contributed by atoms with Crippen molar-refractivity contribution in [2.75, 3.05) is 0 Å². The molecule has 0 radical (unpaired) electrons. The van der Waals surface area contributed by atoms with E-state index in [-0.39, 0.29) is 71.9 Å². The second-order valence-corrected chi connectivity index (χ2v) is 9.08. The standard InChI is InChI=1S/C28H18O11/c1-9-2-13(30)25-19(38-9)4-11-21(15(32)6-17(34)23(11)27(25)36)22-12-5-20-26(14(31)3-10(8-29)39-20)28(37)24(12)18(35)7-16(22)33/h2-7,29-31,34-37H,8H2,1H3. The second-order valence-electron chi connectivity index (χ2n) is 9.08. The monoisotopic (exact) mass is 530 g/mol. The third-order valence-electron chi connectivity index (χ3n) is 6.68. The van der Waals surface area contributed by atoms with Gasteiger partial charge in [-0.3, -0.25) is 9.59 Å². The van der Waals surface area contributed by atoms with Gasteiger partial charge in [0.2, 0.25) is 0 Å². The van der Waals surface area contributed by atoms with Crippen LogP contribution >= 0.6 is 0 Å². The van der Waals surface area contributed by atoms with Crippen LogP contribution in [0.5, 0.6) is 34.5 Å². The summed E-state index contributed by atoms with van der Waals surface area (Å²) in [5.74, 6) is -3.18. The molecule has 7 N–H and O–H groups in total. The number of phenols is 4. The minimum atomic E-state index is -0.853. The first-order valence-electron chi connectivity index (χ1n) is 11.5. The Bertz CT molecular complexity index is 2170. The zero-order valence-electron chi connectivity index (χ0n) is 19.9. The summed E-state index contributed by atoms with van der Waals surface area (Å²) in [5, 5.41) is 72.4. The van der Waals surface area contributed by atoms with Crippen LogP contribution in [0.3, 0.4) is 0 Å². The number of aromatic hydroxyl groups is 6. The number of aliphatic hydroxyl groups is 1. The maximum atomic E-state index is 13.3. The zero-order valence-corrected chi connectivity index (χ0v) is 19.9. The molecule has 196 valence electrons. The summed E-state index contributed by atoms with van der Waals surface area (Å²) in [6.45, 7) is 0.941. The quantitative estimate of drug-likeness (QED) is 0.160. The third kappa shape index (κ3) is 3.27. The van der Waals surface area contributed by atoms with Gasteiger partial charge in [-0.1, -0.05) is 0 Å². The van der Waals surface area contributed by atoms with Crippen molar-refractivity contribution >= 4 is 43.5 Å². The predicted molar refractivity (Wildman–Crippen MR) is 140 cm³/mol. The Morgan fingerprint density at radius 1 is 0.590 bits per heavy atom. The Balaban J connectivity index is 1.87. The smallest absolute Gasteiger partial charge is 0.190 e. The summed E-state index contributed by atoms with van der Waals surface area (Å²) in [6.07, 6.45) is 0. The first-order chi connectivity index (χ1) is 18.5. The molecule has 11 nitrogen and oxygen atoms in total. The Morgan fingerprint density at radius 3 is 1.51 bits per heavy atom. The van der Waals surface area contributed by atoms with Gasteiger partial charge < -0.3 is 44.6 Å². The lowest BCUT2D eigenvalue weighted by Gasteiger charge is -2.15. The van der Waals surface area contributed by atoms with Gasteiger partial charge in [-0.25, -0.2) is 0 Å². The lowest BCUT2D eigenvalue weighted by molar-refractivity contribution is 0.248. The summed E-state index contributed by atoms with van der Waals surface area (Å²) >= 11 is 0. The number of fused-ring (bicyclic) bond motifs is 4. The van der Waals surface area contributed by atoms with E-state index in [2.05, 4.69) is 0 Å². The predicted octanol–water partition coefficient (Wildman–Crippen LogP) is 3.91. The summed E-state index contributed by atoms with van der Waals surface area (Å²) in [7, 11) is 0. The van der Waals surface area contributed by atoms with Crippen LogP contribution in [0.25, 0.3) is 54.6 Å². The SMILES string of the molecule is Cc1cc(O)c2c(O)c3c(O)cc(=O)c(-c4c(=O)cc(O)c5c(O)c6c(O)cc(CO)oc6cc45)c3cc2o1. The second kappa shape index (κ2) is 8.04. The highest BCUT2D eigenvalue weighted by Gasteiger charge is 2.26. The molecule has 0 spiro atoms. The van der Waals surface area contributed by atoms with Crippen molar-refractivity contribution in [3.8, 4) is 45.6 Å². The van der Waals surface area contributed by atoms with E-state index in [1.807, 2.05) is 0 Å². The molecule has 6 rings (SSSR count). The molecule has 4 aromatic carbocycles. The van der Waals surface area contributed by atoms with E-state index in [1.54, 1.807) is 6.92 Å². The maximum absolute atomic E-state index is 13.3. The minimum Gasteiger partial charge on any atom is -0.507 e. The van der Waals surface area contributed by atoms with Crippen molar-refractivity contribution in [2.24, 2.45) is 0 Å². The van der Waals surface area contributed by atoms with Crippen molar-refractivity contribution in [1.29, 1.82) is 0 Å². The average molecular weight is 530 g/mol. The molecule has 0 amide bonds. The van der Waals surface area contributed by atoms with Gasteiger partial charge in [-0.2, -0.15) is 0 Å². The molecule has 2 heterocycles. The summed E-state index contributed by atoms with van der Waals surface area (Å²) in [6, 6.07) is 6.37. The van der Waals surface area contributed by atoms with E-state index in [0.29, 0.717) is 0 Å². The van der Waals surface area contributed by atoms with Crippen LogP contribution in [0.15, 0.2) is 54.8 Å². The zero-order chi connectivity index (χ0) is 27.9. The van der Waals surface area contributed by atoms with Gasteiger partial charge in [-0.15, -0.1) is 0 Å². The van der Waals surface area contributed by atoms with Gasteiger partial charge in [-0.05, 0) is 19.1 Å². The van der Waals surface area contributed by atoms with E-state index in [4.69, 9.17) is 8.83 Å². The van der Waals surface area contributed by atoms with Crippen LogP contribution in [-0.2, 0) is 6.61 Å².